The molecule has 2 aliphatic carbocycles. The normalized spacial score (nSPS) is 25.0. The summed E-state index contributed by atoms with van der Waals surface area (Å²) in [7, 11) is 1.69. The summed E-state index contributed by atoms with van der Waals surface area (Å²) in [6.45, 7) is 0.920. The number of aromatic nitrogens is 5. The van der Waals surface area contributed by atoms with Gasteiger partial charge in [0.1, 0.15) is 6.33 Å². The maximum absolute atomic E-state index is 5.86. The van der Waals surface area contributed by atoms with Gasteiger partial charge < -0.3 is 14.8 Å². The number of anilines is 1. The summed E-state index contributed by atoms with van der Waals surface area (Å²) in [5.41, 5.74) is 5.22. The minimum Gasteiger partial charge on any atom is -0.480 e. The van der Waals surface area contributed by atoms with E-state index >= 15 is 0 Å². The molecule has 1 saturated heterocycles. The van der Waals surface area contributed by atoms with Crippen LogP contribution in [0.3, 0.4) is 0 Å². The molecule has 32 heavy (non-hydrogen) atoms. The first kappa shape index (κ1) is 19.7. The number of hydrogen-bond donors (Lipinski definition) is 1. The van der Waals surface area contributed by atoms with E-state index in [1.165, 1.54) is 6.42 Å². The van der Waals surface area contributed by atoms with Gasteiger partial charge in [0, 0.05) is 12.2 Å². The topological polar surface area (TPSA) is 86.5 Å². The fourth-order valence-electron chi connectivity index (χ4n) is 5.27. The summed E-state index contributed by atoms with van der Waals surface area (Å²) in [5, 5.41) is 11.7. The Kier molecular flexibility index (Phi) is 4.82. The minimum absolute atomic E-state index is 0.163. The highest BCUT2D eigenvalue weighted by Crippen LogP contribution is 2.41. The number of rotatable bonds is 4. The van der Waals surface area contributed by atoms with Gasteiger partial charge in [-0.25, -0.2) is 4.98 Å². The van der Waals surface area contributed by atoms with Crippen LogP contribution in [0.5, 0.6) is 5.88 Å². The average Bonchev–Trinajstić information content (AvgIpc) is 3.16. The molecule has 0 unspecified atom stereocenters. The van der Waals surface area contributed by atoms with Crippen LogP contribution in [0.1, 0.15) is 61.8 Å². The zero-order valence-electron chi connectivity index (χ0n) is 18.4. The molecule has 2 fully saturated rings. The van der Waals surface area contributed by atoms with Crippen molar-refractivity contribution in [1.82, 2.24) is 24.6 Å². The number of pyridine rings is 1. The zero-order valence-corrected chi connectivity index (χ0v) is 18.4. The lowest BCUT2D eigenvalue weighted by Gasteiger charge is -2.46. The maximum Gasteiger partial charge on any atom is 0.226 e. The molecule has 3 aromatic rings. The van der Waals surface area contributed by atoms with Gasteiger partial charge in [0.05, 0.1) is 30.6 Å². The number of allylic oxidation sites excluding steroid dienone is 1. The Morgan fingerprint density at radius 3 is 2.84 bits per heavy atom. The highest BCUT2D eigenvalue weighted by molar-refractivity contribution is 5.84. The van der Waals surface area contributed by atoms with Crippen molar-refractivity contribution in [2.24, 2.45) is 0 Å². The van der Waals surface area contributed by atoms with Crippen LogP contribution in [-0.4, -0.2) is 49.9 Å². The highest BCUT2D eigenvalue weighted by atomic mass is 16.5. The van der Waals surface area contributed by atoms with Crippen molar-refractivity contribution in [3.8, 4) is 5.88 Å². The second-order valence-corrected chi connectivity index (χ2v) is 9.10. The number of ether oxygens (including phenoxy) is 2. The van der Waals surface area contributed by atoms with Crippen LogP contribution in [0.25, 0.3) is 11.2 Å². The number of hydrogen-bond acceptors (Lipinski definition) is 7. The molecule has 1 spiro atoms. The molecule has 1 N–H and O–H groups in total. The molecule has 4 heterocycles. The van der Waals surface area contributed by atoms with E-state index in [9.17, 15) is 0 Å². The first-order valence-electron chi connectivity index (χ1n) is 11.6. The van der Waals surface area contributed by atoms with Crippen LogP contribution in [0.2, 0.25) is 0 Å². The molecule has 0 bridgehead atoms. The summed E-state index contributed by atoms with van der Waals surface area (Å²) in [6, 6.07) is 4.44. The molecule has 3 aliphatic rings. The van der Waals surface area contributed by atoms with Gasteiger partial charge in [0.2, 0.25) is 11.8 Å². The summed E-state index contributed by atoms with van der Waals surface area (Å²) >= 11 is 0. The van der Waals surface area contributed by atoms with Crippen molar-refractivity contribution in [2.75, 3.05) is 19.0 Å². The quantitative estimate of drug-likeness (QED) is 0.671. The van der Waals surface area contributed by atoms with Crippen molar-refractivity contribution in [3.63, 3.8) is 0 Å². The van der Waals surface area contributed by atoms with Crippen molar-refractivity contribution in [3.05, 3.63) is 47.6 Å². The second-order valence-electron chi connectivity index (χ2n) is 9.10. The van der Waals surface area contributed by atoms with E-state index in [0.29, 0.717) is 17.9 Å². The van der Waals surface area contributed by atoms with E-state index in [-0.39, 0.29) is 5.60 Å². The third kappa shape index (κ3) is 3.43. The van der Waals surface area contributed by atoms with Crippen molar-refractivity contribution < 1.29 is 9.47 Å². The third-order valence-electron chi connectivity index (χ3n) is 7.18. The molecule has 8 nitrogen and oxygen atoms in total. The molecule has 0 amide bonds. The molecule has 3 aromatic heterocycles. The molecule has 0 aromatic carbocycles. The van der Waals surface area contributed by atoms with Crippen LogP contribution in [0, 0.1) is 0 Å². The molecular formula is C24H28N6O2. The van der Waals surface area contributed by atoms with Crippen molar-refractivity contribution >= 4 is 17.2 Å². The standard InChI is InChI=1S/C24H28N6O2/c1-31-22-21-18(16-6-7-20-29-25-15-30(20)14-16)4-2-3-5-19(21)27-23(28-22)26-17-8-10-24(11-9-17)12-13-32-24/h4,6-7,14-15,17H,2-3,5,8-13H2,1H3,(H,26,27,28). The lowest BCUT2D eigenvalue weighted by atomic mass is 9.77. The lowest BCUT2D eigenvalue weighted by Crippen LogP contribution is -2.48. The van der Waals surface area contributed by atoms with E-state index in [4.69, 9.17) is 19.4 Å². The molecule has 166 valence electrons. The molecular weight excluding hydrogens is 404 g/mol. The Morgan fingerprint density at radius 2 is 2.06 bits per heavy atom. The summed E-state index contributed by atoms with van der Waals surface area (Å²) < 4.78 is 13.6. The monoisotopic (exact) mass is 432 g/mol. The molecule has 1 saturated carbocycles. The molecule has 1 aliphatic heterocycles. The van der Waals surface area contributed by atoms with Gasteiger partial charge >= 0.3 is 0 Å². The Morgan fingerprint density at radius 1 is 1.19 bits per heavy atom. The van der Waals surface area contributed by atoms with Gasteiger partial charge in [-0.15, -0.1) is 10.2 Å². The van der Waals surface area contributed by atoms with E-state index in [2.05, 4.69) is 33.9 Å². The SMILES string of the molecule is COc1nc(NC2CCC3(CCO3)CC2)nc2c1C(c1ccc3nncn3c1)=CCCC2. The highest BCUT2D eigenvalue weighted by Gasteiger charge is 2.41. The largest absolute Gasteiger partial charge is 0.480 e. The summed E-state index contributed by atoms with van der Waals surface area (Å²) in [6.07, 6.45) is 14.6. The number of fused-ring (bicyclic) bond motifs is 2. The van der Waals surface area contributed by atoms with Gasteiger partial charge in [0.25, 0.3) is 0 Å². The first-order valence-corrected chi connectivity index (χ1v) is 11.6. The Hall–Kier alpha value is -3.00. The zero-order chi connectivity index (χ0) is 21.5. The number of methoxy groups -OCH3 is 1. The number of aryl methyl sites for hydroxylation is 1. The van der Waals surface area contributed by atoms with E-state index in [1.807, 2.05) is 10.5 Å². The fraction of sp³-hybridized carbons (Fsp3) is 0.500. The summed E-state index contributed by atoms with van der Waals surface area (Å²) in [5.74, 6) is 1.30. The Bertz CT molecular complexity index is 1170. The maximum atomic E-state index is 5.86. The van der Waals surface area contributed by atoms with E-state index in [0.717, 1.165) is 79.6 Å². The van der Waals surface area contributed by atoms with Gasteiger partial charge in [0.15, 0.2) is 5.65 Å². The molecule has 0 radical (unpaired) electrons. The van der Waals surface area contributed by atoms with Crippen LogP contribution < -0.4 is 10.1 Å². The predicted octanol–water partition coefficient (Wildman–Crippen LogP) is 3.81. The van der Waals surface area contributed by atoms with E-state index < -0.39 is 0 Å². The van der Waals surface area contributed by atoms with Crippen molar-refractivity contribution in [1.29, 1.82) is 0 Å². The Balaban J connectivity index is 1.31. The number of nitrogens with zero attached hydrogens (tertiary/aromatic N) is 5. The van der Waals surface area contributed by atoms with Crippen LogP contribution in [0.4, 0.5) is 5.95 Å². The van der Waals surface area contributed by atoms with Crippen LogP contribution in [-0.2, 0) is 11.2 Å². The van der Waals surface area contributed by atoms with Gasteiger partial charge in [-0.3, -0.25) is 4.40 Å². The smallest absolute Gasteiger partial charge is 0.226 e. The van der Waals surface area contributed by atoms with Gasteiger partial charge in [-0.2, -0.15) is 4.98 Å². The second kappa shape index (κ2) is 7.85. The van der Waals surface area contributed by atoms with Crippen LogP contribution in [0.15, 0.2) is 30.7 Å². The van der Waals surface area contributed by atoms with E-state index in [1.54, 1.807) is 13.4 Å². The molecule has 0 atom stereocenters. The Labute approximate surface area is 187 Å². The predicted molar refractivity (Wildman–Crippen MR) is 121 cm³/mol. The minimum atomic E-state index is 0.163. The number of nitrogens with one attached hydrogen (secondary N) is 1. The third-order valence-corrected chi connectivity index (χ3v) is 7.18. The van der Waals surface area contributed by atoms with Gasteiger partial charge in [-0.1, -0.05) is 6.08 Å². The lowest BCUT2D eigenvalue weighted by molar-refractivity contribution is -0.165. The molecule has 8 heteroatoms. The first-order chi connectivity index (χ1) is 15.7. The molecule has 6 rings (SSSR count). The average molecular weight is 433 g/mol. The van der Waals surface area contributed by atoms with Crippen LogP contribution >= 0.6 is 0 Å². The van der Waals surface area contributed by atoms with Crippen molar-refractivity contribution in [2.45, 2.75) is 63.0 Å². The summed E-state index contributed by atoms with van der Waals surface area (Å²) in [4.78, 5) is 9.76. The van der Waals surface area contributed by atoms with Gasteiger partial charge in [-0.05, 0) is 74.6 Å². The fourth-order valence-corrected chi connectivity index (χ4v) is 5.27.